The maximum Gasteiger partial charge on any atom is 0.206 e. The molecule has 114 valence electrons. The number of anilines is 2. The van der Waals surface area contributed by atoms with Gasteiger partial charge in [-0.2, -0.15) is 0 Å². The van der Waals surface area contributed by atoms with Crippen LogP contribution in [0, 0.1) is 0 Å². The van der Waals surface area contributed by atoms with Gasteiger partial charge in [-0.1, -0.05) is 18.6 Å². The second kappa shape index (κ2) is 6.24. The van der Waals surface area contributed by atoms with Crippen LogP contribution in [-0.2, 0) is 0 Å². The fraction of sp³-hybridized carbons (Fsp3) is 0.562. The van der Waals surface area contributed by atoms with Crippen molar-refractivity contribution in [3.8, 4) is 0 Å². The number of nitrogens with zero attached hydrogens (tertiary/aromatic N) is 4. The predicted octanol–water partition coefficient (Wildman–Crippen LogP) is -0.827. The number of para-hydroxylation sites is 2. The van der Waals surface area contributed by atoms with Gasteiger partial charge in [-0.05, 0) is 38.1 Å². The molecule has 4 rings (SSSR count). The summed E-state index contributed by atoms with van der Waals surface area (Å²) in [5.41, 5.74) is 2.67. The van der Waals surface area contributed by atoms with Gasteiger partial charge in [0.1, 0.15) is 0 Å². The normalized spacial score (nSPS) is 20.9. The molecule has 21 heavy (non-hydrogen) atoms. The molecule has 0 spiro atoms. The van der Waals surface area contributed by atoms with Crippen molar-refractivity contribution in [3.05, 3.63) is 24.3 Å². The molecule has 3 heterocycles. The smallest absolute Gasteiger partial charge is 0.206 e. The number of halogens is 1. The molecule has 0 bridgehead atoms. The van der Waals surface area contributed by atoms with Crippen molar-refractivity contribution in [1.82, 2.24) is 4.90 Å². The summed E-state index contributed by atoms with van der Waals surface area (Å²) < 4.78 is 0. The summed E-state index contributed by atoms with van der Waals surface area (Å²) in [5, 5.41) is 0. The first-order valence-electron chi connectivity index (χ1n) is 7.84. The van der Waals surface area contributed by atoms with Crippen LogP contribution < -0.4 is 22.2 Å². The van der Waals surface area contributed by atoms with Crippen LogP contribution in [0.3, 0.4) is 0 Å². The first-order valence-corrected chi connectivity index (χ1v) is 7.84. The molecule has 1 aromatic rings. The molecule has 0 radical (unpaired) electrons. The Hall–Kier alpha value is -1.26. The number of aliphatic imine (C=N–C) groups is 1. The predicted molar refractivity (Wildman–Crippen MR) is 83.7 cm³/mol. The van der Waals surface area contributed by atoms with Gasteiger partial charge in [-0.3, -0.25) is 4.99 Å². The molecular weight excluding hydrogens is 284 g/mol. The van der Waals surface area contributed by atoms with E-state index in [0.717, 1.165) is 26.2 Å². The minimum absolute atomic E-state index is 0. The number of fused-ring (bicyclic) bond motifs is 3. The van der Waals surface area contributed by atoms with Gasteiger partial charge < -0.3 is 27.1 Å². The third-order valence-electron chi connectivity index (χ3n) is 4.61. The Labute approximate surface area is 132 Å². The van der Waals surface area contributed by atoms with Gasteiger partial charge in [-0.25, -0.2) is 0 Å². The summed E-state index contributed by atoms with van der Waals surface area (Å²) in [5.74, 6) is 1.17. The Kier molecular flexibility index (Phi) is 4.36. The molecule has 0 N–H and O–H groups in total. The van der Waals surface area contributed by atoms with Crippen LogP contribution in [0.4, 0.5) is 11.4 Å². The van der Waals surface area contributed by atoms with Crippen molar-refractivity contribution >= 4 is 17.3 Å². The summed E-state index contributed by atoms with van der Waals surface area (Å²) in [6.45, 7) is 6.72. The van der Waals surface area contributed by atoms with Gasteiger partial charge in [0.25, 0.3) is 0 Å². The standard InChI is InChI=1S/C16H22N4.ClH/c1-4-9-18(10-5-1)12-13-20-15-7-3-2-6-14(15)19-11-8-17-16(19)20;/h2-3,6-7H,1,4-5,8-13H2;1H/p-1. The summed E-state index contributed by atoms with van der Waals surface area (Å²) in [6, 6.07) is 8.71. The van der Waals surface area contributed by atoms with Crippen LogP contribution in [0.2, 0.25) is 0 Å². The van der Waals surface area contributed by atoms with Gasteiger partial charge >= 0.3 is 0 Å². The molecule has 1 saturated heterocycles. The largest absolute Gasteiger partial charge is 1.00 e. The lowest BCUT2D eigenvalue weighted by Gasteiger charge is -2.29. The number of hydrogen-bond acceptors (Lipinski definition) is 4. The zero-order valence-corrected chi connectivity index (χ0v) is 13.1. The monoisotopic (exact) mass is 305 g/mol. The number of piperidine rings is 1. The SMILES string of the molecule is [Cl-].c1ccc2c(c1)N1CCN=C1N2CCN1CCCCC1. The summed E-state index contributed by atoms with van der Waals surface area (Å²) in [6.07, 6.45) is 4.14. The Balaban J connectivity index is 0.00000132. The van der Waals surface area contributed by atoms with Gasteiger partial charge in [-0.15, -0.1) is 0 Å². The highest BCUT2D eigenvalue weighted by Crippen LogP contribution is 2.38. The van der Waals surface area contributed by atoms with Crippen molar-refractivity contribution in [2.75, 3.05) is 49.1 Å². The first-order chi connectivity index (χ1) is 9.93. The van der Waals surface area contributed by atoms with Crippen molar-refractivity contribution in [3.63, 3.8) is 0 Å². The lowest BCUT2D eigenvalue weighted by Crippen LogP contribution is -3.00. The van der Waals surface area contributed by atoms with E-state index in [1.54, 1.807) is 0 Å². The zero-order valence-electron chi connectivity index (χ0n) is 12.3. The molecule has 0 atom stereocenters. The number of likely N-dealkylation sites (tertiary alicyclic amines) is 1. The zero-order chi connectivity index (χ0) is 13.4. The second-order valence-electron chi connectivity index (χ2n) is 5.88. The lowest BCUT2D eigenvalue weighted by molar-refractivity contribution is -0.00000399. The van der Waals surface area contributed by atoms with E-state index in [2.05, 4.69) is 39.0 Å². The third-order valence-corrected chi connectivity index (χ3v) is 4.61. The van der Waals surface area contributed by atoms with Crippen LogP contribution in [0.1, 0.15) is 19.3 Å². The van der Waals surface area contributed by atoms with E-state index in [9.17, 15) is 0 Å². The maximum absolute atomic E-state index is 4.71. The molecule has 0 aromatic heterocycles. The molecule has 3 aliphatic rings. The van der Waals surface area contributed by atoms with Crippen molar-refractivity contribution in [2.45, 2.75) is 19.3 Å². The highest BCUT2D eigenvalue weighted by Gasteiger charge is 2.34. The quantitative estimate of drug-likeness (QED) is 0.728. The topological polar surface area (TPSA) is 22.1 Å². The molecule has 5 heteroatoms. The fourth-order valence-electron chi connectivity index (χ4n) is 3.57. The Morgan fingerprint density at radius 1 is 0.905 bits per heavy atom. The van der Waals surface area contributed by atoms with Gasteiger partial charge in [0, 0.05) is 19.6 Å². The van der Waals surface area contributed by atoms with Crippen LogP contribution in [0.25, 0.3) is 0 Å². The summed E-state index contributed by atoms with van der Waals surface area (Å²) in [4.78, 5) is 12.1. The molecule has 0 unspecified atom stereocenters. The summed E-state index contributed by atoms with van der Waals surface area (Å²) in [7, 11) is 0. The highest BCUT2D eigenvalue weighted by molar-refractivity contribution is 6.17. The highest BCUT2D eigenvalue weighted by atomic mass is 35.5. The third kappa shape index (κ3) is 2.62. The molecule has 3 aliphatic heterocycles. The number of hydrogen-bond donors (Lipinski definition) is 0. The summed E-state index contributed by atoms with van der Waals surface area (Å²) >= 11 is 0. The van der Waals surface area contributed by atoms with Crippen molar-refractivity contribution in [1.29, 1.82) is 0 Å². The Morgan fingerprint density at radius 3 is 2.48 bits per heavy atom. The molecule has 1 aromatic carbocycles. The fourth-order valence-corrected chi connectivity index (χ4v) is 3.57. The van der Waals surface area contributed by atoms with E-state index in [-0.39, 0.29) is 12.4 Å². The van der Waals surface area contributed by atoms with Crippen LogP contribution in [0.15, 0.2) is 29.3 Å². The van der Waals surface area contributed by atoms with E-state index in [1.165, 1.54) is 49.7 Å². The van der Waals surface area contributed by atoms with Gasteiger partial charge in [0.2, 0.25) is 5.96 Å². The molecule has 1 fully saturated rings. The van der Waals surface area contributed by atoms with Crippen LogP contribution >= 0.6 is 0 Å². The molecule has 0 saturated carbocycles. The molecule has 0 amide bonds. The maximum atomic E-state index is 4.71. The van der Waals surface area contributed by atoms with E-state index >= 15 is 0 Å². The number of benzene rings is 1. The average Bonchev–Trinajstić information content (AvgIpc) is 3.07. The average molecular weight is 306 g/mol. The number of rotatable bonds is 3. The molecule has 0 aliphatic carbocycles. The molecule has 4 nitrogen and oxygen atoms in total. The molecular formula is C16H22ClN4-. The van der Waals surface area contributed by atoms with Crippen LogP contribution in [0.5, 0.6) is 0 Å². The van der Waals surface area contributed by atoms with E-state index in [0.29, 0.717) is 0 Å². The minimum Gasteiger partial charge on any atom is -1.00 e. The van der Waals surface area contributed by atoms with E-state index < -0.39 is 0 Å². The van der Waals surface area contributed by atoms with E-state index in [4.69, 9.17) is 4.99 Å². The van der Waals surface area contributed by atoms with Crippen molar-refractivity contribution < 1.29 is 12.4 Å². The van der Waals surface area contributed by atoms with Crippen LogP contribution in [-0.4, -0.2) is 50.1 Å². The Bertz CT molecular complexity index is 525. The van der Waals surface area contributed by atoms with Crippen molar-refractivity contribution in [2.24, 2.45) is 4.99 Å². The minimum atomic E-state index is 0. The van der Waals surface area contributed by atoms with Gasteiger partial charge in [0.15, 0.2) is 0 Å². The number of guanidine groups is 1. The second-order valence-corrected chi connectivity index (χ2v) is 5.88. The Morgan fingerprint density at radius 2 is 1.67 bits per heavy atom. The van der Waals surface area contributed by atoms with E-state index in [1.807, 2.05) is 0 Å². The lowest BCUT2D eigenvalue weighted by atomic mass is 10.1. The first kappa shape index (κ1) is 14.7. The van der Waals surface area contributed by atoms with Gasteiger partial charge in [0.05, 0.1) is 17.9 Å².